The van der Waals surface area contributed by atoms with Crippen LogP contribution < -0.4 is 15.4 Å². The Morgan fingerprint density at radius 3 is 3.26 bits per heavy atom. The highest BCUT2D eigenvalue weighted by Crippen LogP contribution is 2.37. The molecule has 1 aromatic carbocycles. The maximum atomic E-state index is 12.6. The van der Waals surface area contributed by atoms with Gasteiger partial charge < -0.3 is 15.4 Å². The smallest absolute Gasteiger partial charge is 0.272 e. The van der Waals surface area contributed by atoms with E-state index in [9.17, 15) is 4.79 Å². The first-order chi connectivity index (χ1) is 11.2. The van der Waals surface area contributed by atoms with E-state index in [1.807, 2.05) is 12.1 Å². The van der Waals surface area contributed by atoms with Crippen LogP contribution >= 0.6 is 11.6 Å². The normalized spacial score (nSPS) is 19.4. The Labute approximate surface area is 138 Å². The molecule has 2 aliphatic heterocycles. The molecule has 3 heterocycles. The number of ether oxygens (including phenoxy) is 1. The molecule has 1 unspecified atom stereocenters. The van der Waals surface area contributed by atoms with Crippen molar-refractivity contribution in [2.75, 3.05) is 13.2 Å². The van der Waals surface area contributed by atoms with Crippen LogP contribution in [0.25, 0.3) is 0 Å². The minimum atomic E-state index is -0.163. The van der Waals surface area contributed by atoms with Crippen molar-refractivity contribution in [1.82, 2.24) is 20.8 Å². The highest BCUT2D eigenvalue weighted by molar-refractivity contribution is 6.32. The zero-order valence-electron chi connectivity index (χ0n) is 12.5. The van der Waals surface area contributed by atoms with Crippen molar-refractivity contribution in [3.05, 3.63) is 45.7 Å². The molecule has 0 fully saturated rings. The van der Waals surface area contributed by atoms with E-state index < -0.39 is 0 Å². The third-order valence-electron chi connectivity index (χ3n) is 4.35. The average Bonchev–Trinajstić information content (AvgIpc) is 3.00. The Balaban J connectivity index is 1.59. The molecule has 0 saturated carbocycles. The van der Waals surface area contributed by atoms with Crippen molar-refractivity contribution < 1.29 is 9.53 Å². The van der Waals surface area contributed by atoms with Crippen LogP contribution in [0, 0.1) is 0 Å². The van der Waals surface area contributed by atoms with Crippen molar-refractivity contribution >= 4 is 17.5 Å². The zero-order chi connectivity index (χ0) is 15.8. The van der Waals surface area contributed by atoms with Gasteiger partial charge in [0.1, 0.15) is 5.75 Å². The number of carbonyl (C=O) groups excluding carboxylic acids is 1. The van der Waals surface area contributed by atoms with Gasteiger partial charge in [-0.2, -0.15) is 5.10 Å². The number of halogens is 1. The fourth-order valence-electron chi connectivity index (χ4n) is 3.18. The lowest BCUT2D eigenvalue weighted by atomic mass is 10.00. The monoisotopic (exact) mass is 332 g/mol. The van der Waals surface area contributed by atoms with Gasteiger partial charge in [-0.25, -0.2) is 0 Å². The molecule has 0 spiro atoms. The maximum absolute atomic E-state index is 12.6. The van der Waals surface area contributed by atoms with E-state index in [0.29, 0.717) is 36.0 Å². The fourth-order valence-corrected chi connectivity index (χ4v) is 3.41. The number of para-hydroxylation sites is 1. The van der Waals surface area contributed by atoms with E-state index >= 15 is 0 Å². The summed E-state index contributed by atoms with van der Waals surface area (Å²) in [6.45, 7) is 2.11. The van der Waals surface area contributed by atoms with Crippen LogP contribution in [-0.2, 0) is 13.0 Å². The van der Waals surface area contributed by atoms with Crippen molar-refractivity contribution in [2.24, 2.45) is 0 Å². The van der Waals surface area contributed by atoms with Crippen LogP contribution in [0.15, 0.2) is 18.2 Å². The molecule has 0 saturated heterocycles. The number of nitrogens with one attached hydrogen (secondary N) is 3. The molecular formula is C16H17ClN4O2. The number of nitrogens with zero attached hydrogens (tertiary/aromatic N) is 1. The Bertz CT molecular complexity index is 759. The quantitative estimate of drug-likeness (QED) is 0.785. The maximum Gasteiger partial charge on any atom is 0.272 e. The summed E-state index contributed by atoms with van der Waals surface area (Å²) in [7, 11) is 0. The Morgan fingerprint density at radius 2 is 2.35 bits per heavy atom. The molecule has 0 bridgehead atoms. The number of rotatable bonds is 2. The molecule has 0 radical (unpaired) electrons. The standard InChI is InChI=1S/C16H17ClN4O2/c17-11-3-1-2-9-12(5-7-23-15(9)11)19-16(22)14-10-8-18-6-4-13(10)20-21-14/h1-3,12,18H,4-8H2,(H,19,22)(H,20,21). The van der Waals surface area contributed by atoms with E-state index in [2.05, 4.69) is 20.8 Å². The fraction of sp³-hybridized carbons (Fsp3) is 0.375. The van der Waals surface area contributed by atoms with Crippen LogP contribution in [0.5, 0.6) is 5.75 Å². The van der Waals surface area contributed by atoms with E-state index in [1.165, 1.54) is 0 Å². The van der Waals surface area contributed by atoms with Gasteiger partial charge in [0.15, 0.2) is 5.69 Å². The molecule has 23 heavy (non-hydrogen) atoms. The Morgan fingerprint density at radius 1 is 1.43 bits per heavy atom. The molecule has 0 aliphatic carbocycles. The lowest BCUT2D eigenvalue weighted by Gasteiger charge is -2.27. The number of hydrogen-bond donors (Lipinski definition) is 3. The van der Waals surface area contributed by atoms with E-state index in [1.54, 1.807) is 6.07 Å². The summed E-state index contributed by atoms with van der Waals surface area (Å²) in [6, 6.07) is 5.48. The van der Waals surface area contributed by atoms with Crippen LogP contribution in [0.3, 0.4) is 0 Å². The molecule has 6 nitrogen and oxygen atoms in total. The highest BCUT2D eigenvalue weighted by atomic mass is 35.5. The Kier molecular flexibility index (Phi) is 3.71. The first-order valence-corrected chi connectivity index (χ1v) is 8.10. The first-order valence-electron chi connectivity index (χ1n) is 7.73. The van der Waals surface area contributed by atoms with Crippen LogP contribution in [-0.4, -0.2) is 29.3 Å². The number of hydrogen-bond acceptors (Lipinski definition) is 4. The van der Waals surface area contributed by atoms with Gasteiger partial charge in [-0.3, -0.25) is 9.89 Å². The zero-order valence-corrected chi connectivity index (χ0v) is 13.2. The summed E-state index contributed by atoms with van der Waals surface area (Å²) >= 11 is 6.18. The van der Waals surface area contributed by atoms with Crippen LogP contribution in [0.4, 0.5) is 0 Å². The third-order valence-corrected chi connectivity index (χ3v) is 4.65. The second-order valence-corrected chi connectivity index (χ2v) is 6.18. The highest BCUT2D eigenvalue weighted by Gasteiger charge is 2.28. The SMILES string of the molecule is O=C(NC1CCOc2c(Cl)cccc21)c1n[nH]c2c1CNCC2. The summed E-state index contributed by atoms with van der Waals surface area (Å²) in [5.74, 6) is 0.500. The summed E-state index contributed by atoms with van der Waals surface area (Å²) in [4.78, 5) is 12.6. The molecule has 120 valence electrons. The largest absolute Gasteiger partial charge is 0.492 e. The van der Waals surface area contributed by atoms with Crippen LogP contribution in [0.1, 0.15) is 39.8 Å². The molecule has 3 N–H and O–H groups in total. The number of benzene rings is 1. The third kappa shape index (κ3) is 2.58. The lowest BCUT2D eigenvalue weighted by Crippen LogP contribution is -2.33. The van der Waals surface area contributed by atoms with E-state index in [0.717, 1.165) is 29.8 Å². The predicted octanol–water partition coefficient (Wildman–Crippen LogP) is 1.96. The average molecular weight is 333 g/mol. The van der Waals surface area contributed by atoms with Crippen molar-refractivity contribution in [3.8, 4) is 5.75 Å². The molecule has 1 amide bonds. The van der Waals surface area contributed by atoms with Gasteiger partial charge in [0.05, 0.1) is 17.7 Å². The van der Waals surface area contributed by atoms with Crippen molar-refractivity contribution in [3.63, 3.8) is 0 Å². The minimum Gasteiger partial charge on any atom is -0.492 e. The molecule has 2 aromatic rings. The Hall–Kier alpha value is -2.05. The molecule has 1 atom stereocenters. The van der Waals surface area contributed by atoms with Gasteiger partial charge in [-0.1, -0.05) is 23.7 Å². The van der Waals surface area contributed by atoms with Crippen molar-refractivity contribution in [2.45, 2.75) is 25.4 Å². The molecule has 1 aromatic heterocycles. The van der Waals surface area contributed by atoms with Gasteiger partial charge in [-0.15, -0.1) is 0 Å². The van der Waals surface area contributed by atoms with Gasteiger partial charge >= 0.3 is 0 Å². The summed E-state index contributed by atoms with van der Waals surface area (Å²) in [5, 5.41) is 14.1. The lowest BCUT2D eigenvalue weighted by molar-refractivity contribution is 0.0918. The number of amides is 1. The molecule has 4 rings (SSSR count). The van der Waals surface area contributed by atoms with Gasteiger partial charge in [-0.05, 0) is 6.07 Å². The number of aromatic nitrogens is 2. The van der Waals surface area contributed by atoms with Gasteiger partial charge in [0.2, 0.25) is 0 Å². The molecule has 2 aliphatic rings. The number of H-pyrrole nitrogens is 1. The predicted molar refractivity (Wildman–Crippen MR) is 85.8 cm³/mol. The van der Waals surface area contributed by atoms with Gasteiger partial charge in [0, 0.05) is 42.8 Å². The van der Waals surface area contributed by atoms with E-state index in [-0.39, 0.29) is 11.9 Å². The molecule has 7 heteroatoms. The second-order valence-electron chi connectivity index (χ2n) is 5.78. The number of fused-ring (bicyclic) bond motifs is 2. The summed E-state index contributed by atoms with van der Waals surface area (Å²) < 4.78 is 5.63. The second kappa shape index (κ2) is 5.86. The molecular weight excluding hydrogens is 316 g/mol. The van der Waals surface area contributed by atoms with Gasteiger partial charge in [0.25, 0.3) is 5.91 Å². The minimum absolute atomic E-state index is 0.117. The first kappa shape index (κ1) is 14.5. The topological polar surface area (TPSA) is 79.0 Å². The summed E-state index contributed by atoms with van der Waals surface area (Å²) in [5.41, 5.74) is 3.40. The number of aromatic amines is 1. The van der Waals surface area contributed by atoms with E-state index in [4.69, 9.17) is 16.3 Å². The van der Waals surface area contributed by atoms with Crippen LogP contribution in [0.2, 0.25) is 5.02 Å². The van der Waals surface area contributed by atoms with Crippen molar-refractivity contribution in [1.29, 1.82) is 0 Å². The summed E-state index contributed by atoms with van der Waals surface area (Å²) in [6.07, 6.45) is 1.58. The number of carbonyl (C=O) groups is 1.